The Labute approximate surface area is 75.8 Å². The first-order valence-electron chi connectivity index (χ1n) is 3.82. The molecule has 0 aliphatic carbocycles. The Morgan fingerprint density at radius 2 is 2.17 bits per heavy atom. The van der Waals surface area contributed by atoms with Crippen molar-refractivity contribution in [2.45, 2.75) is 19.8 Å². The number of halogens is 2. The fraction of sp³-hybridized carbons (Fsp3) is 0.333. The molecule has 0 heterocycles. The first-order valence-corrected chi connectivity index (χ1v) is 4.19. The molecule has 0 unspecified atom stereocenters. The molecule has 66 valence electrons. The number of hydrogen-bond donors (Lipinski definition) is 1. The Hall–Kier alpha value is -0.760. The summed E-state index contributed by atoms with van der Waals surface area (Å²) in [4.78, 5) is 0. The van der Waals surface area contributed by atoms with Crippen LogP contribution in [0, 0.1) is 5.82 Å². The zero-order valence-electron chi connectivity index (χ0n) is 6.77. The zero-order valence-corrected chi connectivity index (χ0v) is 7.53. The Bertz CT molecular complexity index is 286. The van der Waals surface area contributed by atoms with Crippen molar-refractivity contribution >= 4 is 11.6 Å². The monoisotopic (exact) mass is 188 g/mol. The first kappa shape index (κ1) is 9.33. The van der Waals surface area contributed by atoms with E-state index in [4.69, 9.17) is 16.7 Å². The molecule has 1 nitrogen and oxygen atoms in total. The summed E-state index contributed by atoms with van der Waals surface area (Å²) in [7, 11) is 0. The van der Waals surface area contributed by atoms with Crippen molar-refractivity contribution in [1.82, 2.24) is 0 Å². The third-order valence-corrected chi connectivity index (χ3v) is 1.99. The number of phenols is 1. The number of benzene rings is 1. The Balaban J connectivity index is 3.05. The fourth-order valence-corrected chi connectivity index (χ4v) is 1.29. The zero-order chi connectivity index (χ0) is 9.14. The molecule has 0 saturated carbocycles. The van der Waals surface area contributed by atoms with Gasteiger partial charge >= 0.3 is 0 Å². The van der Waals surface area contributed by atoms with Crippen LogP contribution in [-0.2, 0) is 6.42 Å². The summed E-state index contributed by atoms with van der Waals surface area (Å²) < 4.78 is 12.7. The largest absolute Gasteiger partial charge is 0.505 e. The molecular weight excluding hydrogens is 179 g/mol. The van der Waals surface area contributed by atoms with Crippen molar-refractivity contribution < 1.29 is 9.50 Å². The average molecular weight is 189 g/mol. The fourth-order valence-electron chi connectivity index (χ4n) is 1.04. The summed E-state index contributed by atoms with van der Waals surface area (Å²) >= 11 is 5.73. The highest BCUT2D eigenvalue weighted by Gasteiger charge is 2.06. The van der Waals surface area contributed by atoms with Gasteiger partial charge in [0.1, 0.15) is 0 Å². The van der Waals surface area contributed by atoms with Crippen molar-refractivity contribution in [2.75, 3.05) is 0 Å². The molecule has 0 saturated heterocycles. The predicted octanol–water partition coefficient (Wildman–Crippen LogP) is 3.14. The van der Waals surface area contributed by atoms with Crippen LogP contribution in [0.3, 0.4) is 0 Å². The van der Waals surface area contributed by atoms with Crippen molar-refractivity contribution in [3.8, 4) is 5.75 Å². The molecule has 0 aliphatic rings. The third-order valence-electron chi connectivity index (χ3n) is 1.64. The van der Waals surface area contributed by atoms with E-state index in [9.17, 15) is 4.39 Å². The lowest BCUT2D eigenvalue weighted by atomic mass is 10.1. The number of aromatic hydroxyl groups is 1. The Morgan fingerprint density at radius 1 is 1.50 bits per heavy atom. The van der Waals surface area contributed by atoms with E-state index in [0.29, 0.717) is 5.02 Å². The Morgan fingerprint density at radius 3 is 2.75 bits per heavy atom. The molecule has 0 spiro atoms. The summed E-state index contributed by atoms with van der Waals surface area (Å²) in [5.74, 6) is -0.997. The highest BCUT2D eigenvalue weighted by Crippen LogP contribution is 2.25. The van der Waals surface area contributed by atoms with Gasteiger partial charge in [-0.3, -0.25) is 0 Å². The molecule has 0 aromatic heterocycles. The van der Waals surface area contributed by atoms with Gasteiger partial charge in [-0.15, -0.1) is 0 Å². The van der Waals surface area contributed by atoms with Gasteiger partial charge in [-0.05, 0) is 24.1 Å². The molecule has 0 bridgehead atoms. The maximum absolute atomic E-state index is 12.7. The molecule has 1 N–H and O–H groups in total. The minimum Gasteiger partial charge on any atom is -0.505 e. The van der Waals surface area contributed by atoms with Crippen LogP contribution in [0.4, 0.5) is 4.39 Å². The molecule has 0 atom stereocenters. The summed E-state index contributed by atoms with van der Waals surface area (Å²) in [6.45, 7) is 2.00. The van der Waals surface area contributed by atoms with Crippen molar-refractivity contribution in [1.29, 1.82) is 0 Å². The van der Waals surface area contributed by atoms with Gasteiger partial charge in [-0.2, -0.15) is 0 Å². The molecule has 0 radical (unpaired) electrons. The van der Waals surface area contributed by atoms with Gasteiger partial charge in [0.05, 0.1) is 0 Å². The van der Waals surface area contributed by atoms with Crippen LogP contribution < -0.4 is 0 Å². The number of aryl methyl sites for hydroxylation is 1. The predicted molar refractivity (Wildman–Crippen MR) is 47.1 cm³/mol. The number of rotatable bonds is 2. The van der Waals surface area contributed by atoms with Crippen molar-refractivity contribution in [3.05, 3.63) is 28.5 Å². The number of phenolic OH excluding ortho intramolecular Hbond substituents is 1. The van der Waals surface area contributed by atoms with E-state index in [1.54, 1.807) is 0 Å². The van der Waals surface area contributed by atoms with Gasteiger partial charge in [-0.25, -0.2) is 4.39 Å². The molecule has 3 heteroatoms. The quantitative estimate of drug-likeness (QED) is 0.756. The molecule has 0 fully saturated rings. The lowest BCUT2D eigenvalue weighted by molar-refractivity contribution is 0.431. The molecular formula is C9H10ClFO. The van der Waals surface area contributed by atoms with E-state index in [-0.39, 0.29) is 5.75 Å². The molecule has 0 amide bonds. The third kappa shape index (κ3) is 1.89. The second kappa shape index (κ2) is 3.76. The lowest BCUT2D eigenvalue weighted by Crippen LogP contribution is -1.87. The van der Waals surface area contributed by atoms with Gasteiger partial charge in [-0.1, -0.05) is 24.9 Å². The molecule has 1 aromatic carbocycles. The van der Waals surface area contributed by atoms with Crippen LogP contribution in [0.2, 0.25) is 5.02 Å². The van der Waals surface area contributed by atoms with E-state index < -0.39 is 5.82 Å². The van der Waals surface area contributed by atoms with Gasteiger partial charge < -0.3 is 5.11 Å². The highest BCUT2D eigenvalue weighted by molar-refractivity contribution is 6.31. The van der Waals surface area contributed by atoms with Crippen LogP contribution in [0.5, 0.6) is 5.75 Å². The van der Waals surface area contributed by atoms with Gasteiger partial charge in [0.2, 0.25) is 0 Å². The van der Waals surface area contributed by atoms with Crippen LogP contribution in [0.25, 0.3) is 0 Å². The lowest BCUT2D eigenvalue weighted by Gasteiger charge is -2.03. The topological polar surface area (TPSA) is 20.2 Å². The molecule has 1 aromatic rings. The minimum absolute atomic E-state index is 0.331. The second-order valence-electron chi connectivity index (χ2n) is 2.65. The van der Waals surface area contributed by atoms with Crippen LogP contribution >= 0.6 is 11.6 Å². The molecule has 0 aliphatic heterocycles. The minimum atomic E-state index is -0.667. The summed E-state index contributed by atoms with van der Waals surface area (Å²) in [5, 5.41) is 9.40. The van der Waals surface area contributed by atoms with E-state index in [2.05, 4.69) is 0 Å². The Kier molecular flexibility index (Phi) is 2.93. The summed E-state index contributed by atoms with van der Waals surface area (Å²) in [6, 6.07) is 2.52. The van der Waals surface area contributed by atoms with Crippen LogP contribution in [0.15, 0.2) is 12.1 Å². The van der Waals surface area contributed by atoms with E-state index in [0.717, 1.165) is 24.5 Å². The van der Waals surface area contributed by atoms with E-state index >= 15 is 0 Å². The standard InChI is InChI=1S/C9H10ClFO/c1-2-3-6-4-9(12)8(11)5-7(6)10/h4-5,12H,2-3H2,1H3. The normalized spacial score (nSPS) is 10.2. The van der Waals surface area contributed by atoms with E-state index in [1.165, 1.54) is 6.07 Å². The maximum atomic E-state index is 12.7. The maximum Gasteiger partial charge on any atom is 0.166 e. The average Bonchev–Trinajstić information content (AvgIpc) is 2.01. The van der Waals surface area contributed by atoms with Gasteiger partial charge in [0.15, 0.2) is 11.6 Å². The van der Waals surface area contributed by atoms with Crippen molar-refractivity contribution in [3.63, 3.8) is 0 Å². The molecule has 12 heavy (non-hydrogen) atoms. The smallest absolute Gasteiger partial charge is 0.166 e. The van der Waals surface area contributed by atoms with Gasteiger partial charge in [0, 0.05) is 5.02 Å². The highest BCUT2D eigenvalue weighted by atomic mass is 35.5. The summed E-state index contributed by atoms with van der Waals surface area (Å²) in [6.07, 6.45) is 1.68. The van der Waals surface area contributed by atoms with Crippen LogP contribution in [0.1, 0.15) is 18.9 Å². The summed E-state index contributed by atoms with van der Waals surface area (Å²) in [5.41, 5.74) is 0.790. The molecule has 1 rings (SSSR count). The van der Waals surface area contributed by atoms with Crippen molar-refractivity contribution in [2.24, 2.45) is 0 Å². The number of hydrogen-bond acceptors (Lipinski definition) is 1. The SMILES string of the molecule is CCCc1cc(O)c(F)cc1Cl. The van der Waals surface area contributed by atoms with Gasteiger partial charge in [0.25, 0.3) is 0 Å². The first-order chi connectivity index (χ1) is 5.65. The van der Waals surface area contributed by atoms with Crippen LogP contribution in [-0.4, -0.2) is 5.11 Å². The second-order valence-corrected chi connectivity index (χ2v) is 3.05. The van der Waals surface area contributed by atoms with E-state index in [1.807, 2.05) is 6.92 Å².